The zero-order chi connectivity index (χ0) is 13.0. The second kappa shape index (κ2) is 5.60. The van der Waals surface area contributed by atoms with E-state index in [1.807, 2.05) is 31.2 Å². The minimum atomic E-state index is 0.494. The SMILES string of the molecule is CCOc1ccccc1Nc1ncc(Cl)cc1N. The van der Waals surface area contributed by atoms with Gasteiger partial charge >= 0.3 is 0 Å². The van der Waals surface area contributed by atoms with Gasteiger partial charge in [0.05, 0.1) is 23.0 Å². The van der Waals surface area contributed by atoms with E-state index in [0.29, 0.717) is 23.1 Å². The molecular weight excluding hydrogens is 250 g/mol. The second-order valence-electron chi connectivity index (χ2n) is 3.65. The average molecular weight is 264 g/mol. The number of rotatable bonds is 4. The van der Waals surface area contributed by atoms with Gasteiger partial charge in [-0.25, -0.2) is 4.98 Å². The van der Waals surface area contributed by atoms with Crippen LogP contribution in [0, 0.1) is 0 Å². The molecule has 1 aromatic heterocycles. The van der Waals surface area contributed by atoms with Gasteiger partial charge in [-0.2, -0.15) is 0 Å². The van der Waals surface area contributed by atoms with E-state index >= 15 is 0 Å². The number of nitrogen functional groups attached to an aromatic ring is 1. The molecule has 0 saturated carbocycles. The molecule has 94 valence electrons. The van der Waals surface area contributed by atoms with Crippen molar-refractivity contribution in [1.29, 1.82) is 0 Å². The number of hydrogen-bond acceptors (Lipinski definition) is 4. The fourth-order valence-corrected chi connectivity index (χ4v) is 1.70. The highest BCUT2D eigenvalue weighted by molar-refractivity contribution is 6.30. The van der Waals surface area contributed by atoms with Crippen molar-refractivity contribution < 1.29 is 4.74 Å². The van der Waals surface area contributed by atoms with Crippen molar-refractivity contribution >= 4 is 28.8 Å². The molecule has 1 aromatic carbocycles. The number of nitrogens with two attached hydrogens (primary N) is 1. The van der Waals surface area contributed by atoms with Gasteiger partial charge in [0, 0.05) is 6.20 Å². The highest BCUT2D eigenvalue weighted by Crippen LogP contribution is 2.29. The van der Waals surface area contributed by atoms with Gasteiger partial charge in [-0.05, 0) is 25.1 Å². The summed E-state index contributed by atoms with van der Waals surface area (Å²) in [7, 11) is 0. The summed E-state index contributed by atoms with van der Waals surface area (Å²) in [5, 5.41) is 3.64. The van der Waals surface area contributed by atoms with Gasteiger partial charge < -0.3 is 15.8 Å². The third-order valence-corrected chi connectivity index (χ3v) is 2.53. The predicted octanol–water partition coefficient (Wildman–Crippen LogP) is 3.46. The van der Waals surface area contributed by atoms with E-state index in [-0.39, 0.29) is 0 Å². The molecule has 0 aliphatic carbocycles. The molecule has 0 saturated heterocycles. The van der Waals surface area contributed by atoms with Crippen molar-refractivity contribution in [2.45, 2.75) is 6.92 Å². The van der Waals surface area contributed by atoms with Crippen LogP contribution in [0.25, 0.3) is 0 Å². The van der Waals surface area contributed by atoms with Gasteiger partial charge in [0.1, 0.15) is 5.75 Å². The van der Waals surface area contributed by atoms with Crippen molar-refractivity contribution in [3.05, 3.63) is 41.6 Å². The van der Waals surface area contributed by atoms with Gasteiger partial charge in [0.15, 0.2) is 5.82 Å². The topological polar surface area (TPSA) is 60.2 Å². The Kier molecular flexibility index (Phi) is 3.89. The monoisotopic (exact) mass is 263 g/mol. The Morgan fingerprint density at radius 1 is 1.39 bits per heavy atom. The van der Waals surface area contributed by atoms with E-state index in [9.17, 15) is 0 Å². The van der Waals surface area contributed by atoms with Crippen LogP contribution in [0.15, 0.2) is 36.5 Å². The maximum atomic E-state index is 5.84. The van der Waals surface area contributed by atoms with Crippen LogP contribution in [0.3, 0.4) is 0 Å². The number of anilines is 3. The summed E-state index contributed by atoms with van der Waals surface area (Å²) < 4.78 is 5.52. The van der Waals surface area contributed by atoms with Crippen LogP contribution in [-0.4, -0.2) is 11.6 Å². The fourth-order valence-electron chi connectivity index (χ4n) is 1.54. The Morgan fingerprint density at radius 3 is 2.89 bits per heavy atom. The molecule has 4 nitrogen and oxygen atoms in total. The van der Waals surface area contributed by atoms with Crippen LogP contribution in [-0.2, 0) is 0 Å². The van der Waals surface area contributed by atoms with Crippen LogP contribution in [0.1, 0.15) is 6.92 Å². The molecule has 3 N–H and O–H groups in total. The Bertz CT molecular complexity index is 546. The second-order valence-corrected chi connectivity index (χ2v) is 4.08. The molecule has 0 aliphatic rings. The molecule has 0 bridgehead atoms. The highest BCUT2D eigenvalue weighted by atomic mass is 35.5. The smallest absolute Gasteiger partial charge is 0.153 e. The van der Waals surface area contributed by atoms with E-state index in [1.54, 1.807) is 12.3 Å². The molecule has 2 rings (SSSR count). The normalized spacial score (nSPS) is 10.1. The summed E-state index contributed by atoms with van der Waals surface area (Å²) in [6.07, 6.45) is 1.55. The van der Waals surface area contributed by atoms with Crippen molar-refractivity contribution in [3.63, 3.8) is 0 Å². The quantitative estimate of drug-likeness (QED) is 0.887. The molecule has 18 heavy (non-hydrogen) atoms. The Morgan fingerprint density at radius 2 is 2.17 bits per heavy atom. The third-order valence-electron chi connectivity index (χ3n) is 2.32. The number of benzene rings is 1. The number of nitrogens with one attached hydrogen (secondary N) is 1. The first-order valence-electron chi connectivity index (χ1n) is 5.60. The van der Waals surface area contributed by atoms with E-state index in [4.69, 9.17) is 22.1 Å². The van der Waals surface area contributed by atoms with Gasteiger partial charge in [-0.3, -0.25) is 0 Å². The molecule has 0 fully saturated rings. The standard InChI is InChI=1S/C13H14ClN3O/c1-2-18-12-6-4-3-5-11(12)17-13-10(15)7-9(14)8-16-13/h3-8H,2,15H2,1H3,(H,16,17). The summed E-state index contributed by atoms with van der Waals surface area (Å²) in [5.41, 5.74) is 7.16. The zero-order valence-electron chi connectivity index (χ0n) is 9.98. The number of para-hydroxylation sites is 2. The number of ether oxygens (including phenoxy) is 1. The maximum absolute atomic E-state index is 5.84. The summed E-state index contributed by atoms with van der Waals surface area (Å²) >= 11 is 5.81. The molecule has 0 spiro atoms. The molecule has 2 aromatic rings. The lowest BCUT2D eigenvalue weighted by Gasteiger charge is -2.12. The molecule has 5 heteroatoms. The number of halogens is 1. The molecule has 1 heterocycles. The van der Waals surface area contributed by atoms with E-state index in [2.05, 4.69) is 10.3 Å². The molecule has 0 amide bonds. The van der Waals surface area contributed by atoms with Crippen molar-refractivity contribution in [3.8, 4) is 5.75 Å². The highest BCUT2D eigenvalue weighted by Gasteiger charge is 2.06. The number of aromatic nitrogens is 1. The van der Waals surface area contributed by atoms with Gasteiger partial charge in [0.2, 0.25) is 0 Å². The van der Waals surface area contributed by atoms with Gasteiger partial charge in [-0.1, -0.05) is 23.7 Å². The van der Waals surface area contributed by atoms with Gasteiger partial charge in [-0.15, -0.1) is 0 Å². The summed E-state index contributed by atoms with van der Waals surface area (Å²) in [6, 6.07) is 9.27. The minimum absolute atomic E-state index is 0.494. The molecule has 0 aliphatic heterocycles. The number of nitrogens with zero attached hydrogens (tertiary/aromatic N) is 1. The van der Waals surface area contributed by atoms with Crippen molar-refractivity contribution in [2.75, 3.05) is 17.7 Å². The summed E-state index contributed by atoms with van der Waals surface area (Å²) in [5.74, 6) is 1.32. The maximum Gasteiger partial charge on any atom is 0.153 e. The summed E-state index contributed by atoms with van der Waals surface area (Å²) in [6.45, 7) is 2.54. The van der Waals surface area contributed by atoms with Crippen LogP contribution < -0.4 is 15.8 Å². The Hall–Kier alpha value is -1.94. The third kappa shape index (κ3) is 2.84. The van der Waals surface area contributed by atoms with Crippen molar-refractivity contribution in [1.82, 2.24) is 4.98 Å². The Balaban J connectivity index is 2.28. The first-order valence-corrected chi connectivity index (χ1v) is 5.98. The lowest BCUT2D eigenvalue weighted by Crippen LogP contribution is -2.01. The number of pyridine rings is 1. The van der Waals surface area contributed by atoms with Crippen LogP contribution in [0.4, 0.5) is 17.2 Å². The summed E-state index contributed by atoms with van der Waals surface area (Å²) in [4.78, 5) is 4.15. The molecule has 0 atom stereocenters. The lowest BCUT2D eigenvalue weighted by atomic mass is 10.3. The minimum Gasteiger partial charge on any atom is -0.492 e. The molecule has 0 unspecified atom stereocenters. The average Bonchev–Trinajstić information content (AvgIpc) is 2.35. The zero-order valence-corrected chi connectivity index (χ0v) is 10.7. The molecule has 0 radical (unpaired) electrons. The first kappa shape index (κ1) is 12.5. The van der Waals surface area contributed by atoms with Crippen LogP contribution in [0.2, 0.25) is 5.02 Å². The van der Waals surface area contributed by atoms with Crippen molar-refractivity contribution in [2.24, 2.45) is 0 Å². The largest absolute Gasteiger partial charge is 0.492 e. The van der Waals surface area contributed by atoms with Crippen LogP contribution >= 0.6 is 11.6 Å². The number of hydrogen-bond donors (Lipinski definition) is 2. The fraction of sp³-hybridized carbons (Fsp3) is 0.154. The lowest BCUT2D eigenvalue weighted by molar-refractivity contribution is 0.342. The van der Waals surface area contributed by atoms with Crippen LogP contribution in [0.5, 0.6) is 5.75 Å². The van der Waals surface area contributed by atoms with E-state index in [0.717, 1.165) is 11.4 Å². The van der Waals surface area contributed by atoms with E-state index in [1.165, 1.54) is 0 Å². The van der Waals surface area contributed by atoms with E-state index < -0.39 is 0 Å². The molecular formula is C13H14ClN3O. The first-order chi connectivity index (χ1) is 8.70. The Labute approximate surface area is 111 Å². The predicted molar refractivity (Wildman–Crippen MR) is 74.6 cm³/mol. The van der Waals surface area contributed by atoms with Gasteiger partial charge in [0.25, 0.3) is 0 Å².